The molecule has 1 N–H and O–H groups in total. The molecule has 5 heteroatoms. The highest BCUT2D eigenvalue weighted by molar-refractivity contribution is 5.28. The van der Waals surface area contributed by atoms with Crippen molar-refractivity contribution in [2.45, 2.75) is 37.4 Å². The Hall–Kier alpha value is -1.07. The number of rotatable bonds is 3. The van der Waals surface area contributed by atoms with Crippen molar-refractivity contribution in [2.24, 2.45) is 5.92 Å². The van der Waals surface area contributed by atoms with Crippen molar-refractivity contribution in [3.05, 3.63) is 35.9 Å². The maximum Gasteiger partial charge on any atom is 0.411 e. The molecule has 0 aliphatic carbocycles. The zero-order valence-electron chi connectivity index (χ0n) is 12.7. The van der Waals surface area contributed by atoms with Gasteiger partial charge >= 0.3 is 6.18 Å². The molecule has 2 heterocycles. The average molecular weight is 312 g/mol. The lowest BCUT2D eigenvalue weighted by molar-refractivity contribution is -0.230. The fourth-order valence-electron chi connectivity index (χ4n) is 4.02. The zero-order chi connectivity index (χ0) is 15.6. The van der Waals surface area contributed by atoms with Gasteiger partial charge in [0.1, 0.15) is 5.54 Å². The molecule has 2 nitrogen and oxygen atoms in total. The second-order valence-corrected chi connectivity index (χ2v) is 6.47. The lowest BCUT2D eigenvalue weighted by Gasteiger charge is -2.42. The summed E-state index contributed by atoms with van der Waals surface area (Å²) in [6.45, 7) is 2.93. The van der Waals surface area contributed by atoms with E-state index in [1.165, 1.54) is 0 Å². The highest BCUT2D eigenvalue weighted by Crippen LogP contribution is 2.50. The van der Waals surface area contributed by atoms with Crippen molar-refractivity contribution in [3.8, 4) is 0 Å². The van der Waals surface area contributed by atoms with Gasteiger partial charge in [0.25, 0.3) is 0 Å². The molecule has 2 saturated heterocycles. The maximum atomic E-state index is 14.1. The molecule has 2 aliphatic heterocycles. The predicted molar refractivity (Wildman–Crippen MR) is 80.6 cm³/mol. The summed E-state index contributed by atoms with van der Waals surface area (Å²) in [6.07, 6.45) is -1.51. The fraction of sp³-hybridized carbons (Fsp3) is 0.647. The Balaban J connectivity index is 1.90. The van der Waals surface area contributed by atoms with Crippen LogP contribution in [0.5, 0.6) is 0 Å². The van der Waals surface area contributed by atoms with Crippen molar-refractivity contribution in [1.29, 1.82) is 0 Å². The molecule has 0 aromatic heterocycles. The molecule has 22 heavy (non-hydrogen) atoms. The summed E-state index contributed by atoms with van der Waals surface area (Å²) in [7, 11) is 0. The van der Waals surface area contributed by atoms with Gasteiger partial charge in [0.2, 0.25) is 0 Å². The number of hydrogen-bond acceptors (Lipinski definition) is 2. The first-order chi connectivity index (χ1) is 10.5. The van der Waals surface area contributed by atoms with Gasteiger partial charge < -0.3 is 5.32 Å². The number of alkyl halides is 3. The number of benzene rings is 1. The summed E-state index contributed by atoms with van der Waals surface area (Å²) in [5.41, 5.74) is -1.40. The van der Waals surface area contributed by atoms with E-state index in [2.05, 4.69) is 5.32 Å². The number of nitrogens with one attached hydrogen (secondary N) is 1. The van der Waals surface area contributed by atoms with Crippen LogP contribution in [0.2, 0.25) is 0 Å². The molecule has 0 saturated carbocycles. The third-order valence-electron chi connectivity index (χ3n) is 5.16. The first-order valence-corrected chi connectivity index (χ1v) is 8.12. The topological polar surface area (TPSA) is 15.3 Å². The Labute approximate surface area is 129 Å². The summed E-state index contributed by atoms with van der Waals surface area (Å²) < 4.78 is 42.2. The van der Waals surface area contributed by atoms with Gasteiger partial charge in [0.05, 0.1) is 0 Å². The van der Waals surface area contributed by atoms with E-state index in [0.29, 0.717) is 31.0 Å². The van der Waals surface area contributed by atoms with E-state index >= 15 is 0 Å². The molecule has 0 amide bonds. The van der Waals surface area contributed by atoms with Gasteiger partial charge in [-0.15, -0.1) is 0 Å². The van der Waals surface area contributed by atoms with E-state index in [1.807, 2.05) is 0 Å². The van der Waals surface area contributed by atoms with E-state index < -0.39 is 11.7 Å². The van der Waals surface area contributed by atoms with Gasteiger partial charge in [-0.3, -0.25) is 4.90 Å². The van der Waals surface area contributed by atoms with Gasteiger partial charge in [-0.25, -0.2) is 0 Å². The molecule has 1 atom stereocenters. The molecule has 1 aromatic carbocycles. The third kappa shape index (κ3) is 2.76. The van der Waals surface area contributed by atoms with E-state index in [-0.39, 0.29) is 6.42 Å². The fourth-order valence-corrected chi connectivity index (χ4v) is 4.02. The quantitative estimate of drug-likeness (QED) is 0.918. The number of halogens is 3. The predicted octanol–water partition coefficient (Wildman–Crippen LogP) is 3.54. The molecule has 0 spiro atoms. The average Bonchev–Trinajstić information content (AvgIpc) is 2.93. The number of likely N-dealkylation sites (tertiary alicyclic amines) is 1. The van der Waals surface area contributed by atoms with E-state index in [1.54, 1.807) is 35.2 Å². The second kappa shape index (κ2) is 6.20. The smallest absolute Gasteiger partial charge is 0.317 e. The number of hydrogen-bond donors (Lipinski definition) is 1. The standard InChI is InChI=1S/C17H23F3N2/c18-17(19,20)16(15-5-2-1-3-6-15)9-4-12-22(16)13-14-7-10-21-11-8-14/h1-3,5-6,14,21H,4,7-13H2. The van der Waals surface area contributed by atoms with Gasteiger partial charge in [0, 0.05) is 6.54 Å². The summed E-state index contributed by atoms with van der Waals surface area (Å²) in [5, 5.41) is 3.28. The van der Waals surface area contributed by atoms with Crippen molar-refractivity contribution in [2.75, 3.05) is 26.2 Å². The van der Waals surface area contributed by atoms with Crippen molar-refractivity contribution < 1.29 is 13.2 Å². The molecule has 1 unspecified atom stereocenters. The first-order valence-electron chi connectivity index (χ1n) is 8.12. The normalized spacial score (nSPS) is 28.1. The van der Waals surface area contributed by atoms with Crippen molar-refractivity contribution >= 4 is 0 Å². The van der Waals surface area contributed by atoms with Crippen LogP contribution in [0.1, 0.15) is 31.2 Å². The SMILES string of the molecule is FC(F)(F)C1(c2ccccc2)CCCN1CC1CCNCC1. The lowest BCUT2D eigenvalue weighted by Crippen LogP contribution is -2.54. The molecule has 122 valence electrons. The molecule has 2 aliphatic rings. The minimum atomic E-state index is -4.24. The zero-order valence-corrected chi connectivity index (χ0v) is 12.7. The summed E-state index contributed by atoms with van der Waals surface area (Å²) in [6, 6.07) is 8.47. The van der Waals surface area contributed by atoms with E-state index in [0.717, 1.165) is 25.9 Å². The summed E-state index contributed by atoms with van der Waals surface area (Å²) in [5.74, 6) is 0.366. The highest BCUT2D eigenvalue weighted by atomic mass is 19.4. The highest BCUT2D eigenvalue weighted by Gasteiger charge is 2.61. The molecular weight excluding hydrogens is 289 g/mol. The third-order valence-corrected chi connectivity index (χ3v) is 5.16. The first kappa shape index (κ1) is 15.8. The Morgan fingerprint density at radius 3 is 2.45 bits per heavy atom. The van der Waals surface area contributed by atoms with Crippen molar-refractivity contribution in [3.63, 3.8) is 0 Å². The van der Waals surface area contributed by atoms with E-state index in [4.69, 9.17) is 0 Å². The Kier molecular flexibility index (Phi) is 4.46. The van der Waals surface area contributed by atoms with Crippen LogP contribution in [0, 0.1) is 5.92 Å². The van der Waals surface area contributed by atoms with Crippen LogP contribution in [-0.4, -0.2) is 37.3 Å². The van der Waals surface area contributed by atoms with E-state index in [9.17, 15) is 13.2 Å². The molecule has 1 aromatic rings. The second-order valence-electron chi connectivity index (χ2n) is 6.47. The lowest BCUT2D eigenvalue weighted by atomic mass is 9.85. The summed E-state index contributed by atoms with van der Waals surface area (Å²) >= 11 is 0. The van der Waals surface area contributed by atoms with Crippen LogP contribution in [-0.2, 0) is 5.54 Å². The van der Waals surface area contributed by atoms with Crippen LogP contribution in [0.4, 0.5) is 13.2 Å². The largest absolute Gasteiger partial charge is 0.411 e. The molecular formula is C17H23F3N2. The summed E-state index contributed by atoms with van der Waals surface area (Å²) in [4.78, 5) is 1.71. The van der Waals surface area contributed by atoms with Crippen LogP contribution >= 0.6 is 0 Å². The van der Waals surface area contributed by atoms with Crippen LogP contribution < -0.4 is 5.32 Å². The van der Waals surface area contributed by atoms with Crippen molar-refractivity contribution in [1.82, 2.24) is 10.2 Å². The Bertz CT molecular complexity index is 482. The van der Waals surface area contributed by atoms with Crippen LogP contribution in [0.25, 0.3) is 0 Å². The molecule has 0 bridgehead atoms. The number of piperidine rings is 1. The number of nitrogens with zero attached hydrogens (tertiary/aromatic N) is 1. The van der Waals surface area contributed by atoms with Gasteiger partial charge in [0.15, 0.2) is 0 Å². The Morgan fingerprint density at radius 2 is 1.82 bits per heavy atom. The molecule has 2 fully saturated rings. The monoisotopic (exact) mass is 312 g/mol. The van der Waals surface area contributed by atoms with Gasteiger partial charge in [-0.1, -0.05) is 30.3 Å². The molecule has 3 rings (SSSR count). The van der Waals surface area contributed by atoms with Crippen LogP contribution in [0.3, 0.4) is 0 Å². The van der Waals surface area contributed by atoms with Gasteiger partial charge in [-0.2, -0.15) is 13.2 Å². The minimum absolute atomic E-state index is 0.172. The Morgan fingerprint density at radius 1 is 1.14 bits per heavy atom. The van der Waals surface area contributed by atoms with Gasteiger partial charge in [-0.05, 0) is 56.8 Å². The molecule has 0 radical (unpaired) electrons. The van der Waals surface area contributed by atoms with Crippen LogP contribution in [0.15, 0.2) is 30.3 Å². The minimum Gasteiger partial charge on any atom is -0.317 e. The maximum absolute atomic E-state index is 14.1.